The van der Waals surface area contributed by atoms with E-state index >= 15 is 0 Å². The first-order valence-corrected chi connectivity index (χ1v) is 8.15. The number of benzene rings is 1. The molecule has 1 heterocycles. The molecule has 1 aliphatic rings. The Hall–Kier alpha value is -0.910. The van der Waals surface area contributed by atoms with E-state index in [-0.39, 0.29) is 12.1 Å². The maximum absolute atomic E-state index is 11.1. The van der Waals surface area contributed by atoms with Gasteiger partial charge in [-0.2, -0.15) is 0 Å². The number of hydrogen-bond donors (Lipinski definition) is 0. The molecule has 5 heteroatoms. The molecule has 0 N–H and O–H groups in total. The quantitative estimate of drug-likeness (QED) is 0.580. The minimum Gasteiger partial charge on any atom is -0.469 e. The molecule has 2 rings (SSSR count). The van der Waals surface area contributed by atoms with Crippen LogP contribution in [0.5, 0.6) is 0 Å². The lowest BCUT2D eigenvalue weighted by Crippen LogP contribution is -2.39. The van der Waals surface area contributed by atoms with Gasteiger partial charge in [0.25, 0.3) is 0 Å². The summed E-state index contributed by atoms with van der Waals surface area (Å²) in [6.07, 6.45) is 2.52. The van der Waals surface area contributed by atoms with E-state index in [0.29, 0.717) is 6.42 Å². The predicted molar refractivity (Wildman–Crippen MR) is 85.1 cm³/mol. The van der Waals surface area contributed by atoms with E-state index in [0.717, 1.165) is 43.6 Å². The standard InChI is InChI=1S/C16H22BrNO3/c1-20-16(19)8-4-5-9-18-10-11-21-15(12-18)13-6-2-3-7-14(13)17/h2-3,6-7,15H,4-5,8-12H2,1H3. The monoisotopic (exact) mass is 355 g/mol. The highest BCUT2D eigenvalue weighted by atomic mass is 79.9. The van der Waals surface area contributed by atoms with E-state index < -0.39 is 0 Å². The molecule has 0 aliphatic carbocycles. The van der Waals surface area contributed by atoms with Crippen molar-refractivity contribution in [1.29, 1.82) is 0 Å². The zero-order valence-electron chi connectivity index (χ0n) is 12.4. The molecule has 1 aromatic rings. The van der Waals surface area contributed by atoms with Crippen LogP contribution in [0.1, 0.15) is 30.9 Å². The molecular weight excluding hydrogens is 334 g/mol. The third-order valence-corrected chi connectivity index (χ3v) is 4.46. The first-order chi connectivity index (χ1) is 10.2. The average Bonchev–Trinajstić information content (AvgIpc) is 2.52. The Balaban J connectivity index is 1.79. The fourth-order valence-corrected chi connectivity index (χ4v) is 3.08. The highest BCUT2D eigenvalue weighted by Gasteiger charge is 2.23. The van der Waals surface area contributed by atoms with Crippen LogP contribution < -0.4 is 0 Å². The summed E-state index contributed by atoms with van der Waals surface area (Å²) in [7, 11) is 1.44. The van der Waals surface area contributed by atoms with Crippen LogP contribution in [0, 0.1) is 0 Å². The van der Waals surface area contributed by atoms with E-state index in [9.17, 15) is 4.79 Å². The Morgan fingerprint density at radius 2 is 2.24 bits per heavy atom. The number of hydrogen-bond acceptors (Lipinski definition) is 4. The minimum absolute atomic E-state index is 0.120. The third-order valence-electron chi connectivity index (χ3n) is 3.74. The van der Waals surface area contributed by atoms with Crippen LogP contribution in [0.25, 0.3) is 0 Å². The van der Waals surface area contributed by atoms with Crippen molar-refractivity contribution in [3.05, 3.63) is 34.3 Å². The summed E-state index contributed by atoms with van der Waals surface area (Å²) in [5, 5.41) is 0. The number of rotatable bonds is 6. The van der Waals surface area contributed by atoms with Crippen LogP contribution in [-0.2, 0) is 14.3 Å². The van der Waals surface area contributed by atoms with Gasteiger partial charge in [0, 0.05) is 24.0 Å². The Morgan fingerprint density at radius 3 is 3.00 bits per heavy atom. The second-order valence-corrected chi connectivity index (χ2v) is 6.07. The third kappa shape index (κ3) is 5.09. The molecule has 116 valence electrons. The van der Waals surface area contributed by atoms with Crippen molar-refractivity contribution in [2.45, 2.75) is 25.4 Å². The molecule has 0 amide bonds. The summed E-state index contributed by atoms with van der Waals surface area (Å²) in [6.45, 7) is 3.62. The Bertz CT molecular complexity index is 467. The second kappa shape index (κ2) is 8.51. The van der Waals surface area contributed by atoms with Crippen LogP contribution in [0.4, 0.5) is 0 Å². The maximum Gasteiger partial charge on any atom is 0.305 e. The Labute approximate surface area is 134 Å². The molecule has 1 aromatic carbocycles. The minimum atomic E-state index is -0.122. The lowest BCUT2D eigenvalue weighted by molar-refractivity contribution is -0.140. The number of ether oxygens (including phenoxy) is 2. The van der Waals surface area contributed by atoms with Crippen molar-refractivity contribution >= 4 is 21.9 Å². The normalized spacial score (nSPS) is 19.4. The van der Waals surface area contributed by atoms with Crippen LogP contribution in [0.3, 0.4) is 0 Å². The largest absolute Gasteiger partial charge is 0.469 e. The SMILES string of the molecule is COC(=O)CCCCN1CCOC(c2ccccc2Br)C1. The van der Waals surface area contributed by atoms with Gasteiger partial charge in [-0.15, -0.1) is 0 Å². The smallest absolute Gasteiger partial charge is 0.305 e. The molecular formula is C16H22BrNO3. The van der Waals surface area contributed by atoms with Crippen LogP contribution in [0.2, 0.25) is 0 Å². The number of carbonyl (C=O) groups excluding carboxylic acids is 1. The maximum atomic E-state index is 11.1. The van der Waals surface area contributed by atoms with Gasteiger partial charge in [0.2, 0.25) is 0 Å². The molecule has 1 unspecified atom stereocenters. The Kier molecular flexibility index (Phi) is 6.67. The summed E-state index contributed by atoms with van der Waals surface area (Å²) in [5.41, 5.74) is 1.21. The van der Waals surface area contributed by atoms with Gasteiger partial charge in [-0.1, -0.05) is 34.1 Å². The zero-order valence-corrected chi connectivity index (χ0v) is 14.0. The first kappa shape index (κ1) is 16.5. The lowest BCUT2D eigenvalue weighted by Gasteiger charge is -2.33. The Morgan fingerprint density at radius 1 is 1.43 bits per heavy atom. The lowest BCUT2D eigenvalue weighted by atomic mass is 10.1. The second-order valence-electron chi connectivity index (χ2n) is 5.21. The van der Waals surface area contributed by atoms with Gasteiger partial charge in [-0.3, -0.25) is 9.69 Å². The number of morpholine rings is 1. The predicted octanol–water partition coefficient (Wildman–Crippen LogP) is 3.17. The molecule has 1 saturated heterocycles. The van der Waals surface area contributed by atoms with Gasteiger partial charge < -0.3 is 9.47 Å². The molecule has 1 aliphatic heterocycles. The fourth-order valence-electron chi connectivity index (χ4n) is 2.54. The van der Waals surface area contributed by atoms with Crippen molar-refractivity contribution in [3.63, 3.8) is 0 Å². The highest BCUT2D eigenvalue weighted by Crippen LogP contribution is 2.28. The zero-order chi connectivity index (χ0) is 15.1. The molecule has 0 bridgehead atoms. The number of esters is 1. The summed E-state index contributed by atoms with van der Waals surface area (Å²) < 4.78 is 11.6. The number of methoxy groups -OCH3 is 1. The topological polar surface area (TPSA) is 38.8 Å². The molecule has 1 fully saturated rings. The number of nitrogens with zero attached hydrogens (tertiary/aromatic N) is 1. The number of unbranched alkanes of at least 4 members (excludes halogenated alkanes) is 1. The van der Waals surface area contributed by atoms with Gasteiger partial charge in [-0.25, -0.2) is 0 Å². The number of carbonyl (C=O) groups is 1. The van der Waals surface area contributed by atoms with Crippen LogP contribution in [0.15, 0.2) is 28.7 Å². The van der Waals surface area contributed by atoms with Crippen LogP contribution >= 0.6 is 15.9 Å². The molecule has 0 spiro atoms. The van der Waals surface area contributed by atoms with E-state index in [4.69, 9.17) is 4.74 Å². The van der Waals surface area contributed by atoms with Crippen molar-refractivity contribution in [1.82, 2.24) is 4.90 Å². The van der Waals surface area contributed by atoms with Crippen LogP contribution in [-0.4, -0.2) is 44.2 Å². The fraction of sp³-hybridized carbons (Fsp3) is 0.562. The molecule has 21 heavy (non-hydrogen) atoms. The van der Waals surface area contributed by atoms with Crippen molar-refractivity contribution in [2.24, 2.45) is 0 Å². The summed E-state index contributed by atoms with van der Waals surface area (Å²) in [4.78, 5) is 13.5. The van der Waals surface area contributed by atoms with Gasteiger partial charge in [0.05, 0.1) is 19.8 Å². The molecule has 4 nitrogen and oxygen atoms in total. The number of halogens is 1. The van der Waals surface area contributed by atoms with E-state index in [1.165, 1.54) is 12.7 Å². The van der Waals surface area contributed by atoms with Gasteiger partial charge in [0.1, 0.15) is 0 Å². The van der Waals surface area contributed by atoms with E-state index in [2.05, 4.69) is 31.6 Å². The molecule has 0 saturated carbocycles. The van der Waals surface area contributed by atoms with Gasteiger partial charge >= 0.3 is 5.97 Å². The molecule has 1 atom stereocenters. The van der Waals surface area contributed by atoms with Gasteiger partial charge in [0.15, 0.2) is 0 Å². The summed E-state index contributed by atoms with van der Waals surface area (Å²) in [6, 6.07) is 8.21. The molecule has 0 radical (unpaired) electrons. The highest BCUT2D eigenvalue weighted by molar-refractivity contribution is 9.10. The van der Waals surface area contributed by atoms with Crippen molar-refractivity contribution < 1.29 is 14.3 Å². The average molecular weight is 356 g/mol. The van der Waals surface area contributed by atoms with E-state index in [1.54, 1.807) is 0 Å². The van der Waals surface area contributed by atoms with E-state index in [1.807, 2.05) is 18.2 Å². The van der Waals surface area contributed by atoms with Crippen molar-refractivity contribution in [3.8, 4) is 0 Å². The molecule has 0 aromatic heterocycles. The van der Waals surface area contributed by atoms with Crippen molar-refractivity contribution in [2.75, 3.05) is 33.4 Å². The van der Waals surface area contributed by atoms with Gasteiger partial charge in [-0.05, 0) is 31.0 Å². The first-order valence-electron chi connectivity index (χ1n) is 7.36. The summed E-state index contributed by atoms with van der Waals surface area (Å²) in [5.74, 6) is -0.122. The summed E-state index contributed by atoms with van der Waals surface area (Å²) >= 11 is 3.59.